The minimum Gasteiger partial charge on any atom is -0.321 e. The summed E-state index contributed by atoms with van der Waals surface area (Å²) in [7, 11) is 0. The first kappa shape index (κ1) is 15.7. The fraction of sp³-hybridized carbons (Fsp3) is 0. The molecule has 0 saturated carbocycles. The third-order valence-electron chi connectivity index (χ3n) is 2.47. The molecule has 0 bridgehead atoms. The molecule has 0 aliphatic carbocycles. The van der Waals surface area contributed by atoms with E-state index in [0.29, 0.717) is 15.2 Å². The number of nitrogens with zero attached hydrogens (tertiary/aromatic N) is 2. The number of nitro groups is 1. The Kier molecular flexibility index (Phi) is 4.76. The zero-order chi connectivity index (χ0) is 15.6. The molecular formula is C12H6BrCl2N3O3. The molecular weight excluding hydrogens is 385 g/mol. The van der Waals surface area contributed by atoms with Gasteiger partial charge in [-0.05, 0) is 40.2 Å². The lowest BCUT2D eigenvalue weighted by Crippen LogP contribution is -2.14. The lowest BCUT2D eigenvalue weighted by atomic mass is 10.2. The highest BCUT2D eigenvalue weighted by molar-refractivity contribution is 9.10. The number of hydrogen-bond acceptors (Lipinski definition) is 4. The predicted molar refractivity (Wildman–Crippen MR) is 83.0 cm³/mol. The van der Waals surface area contributed by atoms with Gasteiger partial charge in [-0.3, -0.25) is 14.9 Å². The third kappa shape index (κ3) is 3.69. The summed E-state index contributed by atoms with van der Waals surface area (Å²) in [6, 6.07) is 5.87. The van der Waals surface area contributed by atoms with Gasteiger partial charge in [-0.25, -0.2) is 4.98 Å². The van der Waals surface area contributed by atoms with Gasteiger partial charge in [-0.15, -0.1) is 0 Å². The van der Waals surface area contributed by atoms with Crippen molar-refractivity contribution in [2.24, 2.45) is 0 Å². The van der Waals surface area contributed by atoms with Gasteiger partial charge in [-0.1, -0.05) is 23.2 Å². The number of halogens is 3. The van der Waals surface area contributed by atoms with Crippen molar-refractivity contribution in [3.05, 3.63) is 60.8 Å². The van der Waals surface area contributed by atoms with Crippen molar-refractivity contribution >= 4 is 56.4 Å². The van der Waals surface area contributed by atoms with Crippen LogP contribution in [-0.4, -0.2) is 15.8 Å². The van der Waals surface area contributed by atoms with E-state index in [1.807, 2.05) is 0 Å². The standard InChI is InChI=1S/C12H6BrCl2N3O3/c13-8-3-6(14)1-2-9(8)17-12(19)7-4-11(15)16-5-10(7)18(20)21/h1-5H,(H,17,19). The Morgan fingerprint density at radius 1 is 1.33 bits per heavy atom. The van der Waals surface area contributed by atoms with Gasteiger partial charge in [0.05, 0.1) is 10.6 Å². The largest absolute Gasteiger partial charge is 0.321 e. The van der Waals surface area contributed by atoms with Gasteiger partial charge in [0.1, 0.15) is 16.9 Å². The Morgan fingerprint density at radius 2 is 2.05 bits per heavy atom. The molecule has 2 rings (SSSR count). The van der Waals surface area contributed by atoms with Crippen molar-refractivity contribution in [3.63, 3.8) is 0 Å². The van der Waals surface area contributed by atoms with Crippen LogP contribution in [0.5, 0.6) is 0 Å². The summed E-state index contributed by atoms with van der Waals surface area (Å²) in [4.78, 5) is 26.0. The number of anilines is 1. The van der Waals surface area contributed by atoms with Gasteiger partial charge in [0.15, 0.2) is 0 Å². The van der Waals surface area contributed by atoms with Gasteiger partial charge in [-0.2, -0.15) is 0 Å². The summed E-state index contributed by atoms with van der Waals surface area (Å²) < 4.78 is 0.547. The molecule has 1 amide bonds. The second-order valence-electron chi connectivity index (χ2n) is 3.86. The maximum absolute atomic E-state index is 12.2. The number of benzene rings is 1. The Balaban J connectivity index is 2.36. The number of amides is 1. The van der Waals surface area contributed by atoms with Gasteiger partial charge >= 0.3 is 0 Å². The van der Waals surface area contributed by atoms with Crippen LogP contribution in [0, 0.1) is 10.1 Å². The zero-order valence-corrected chi connectivity index (χ0v) is 13.2. The third-order valence-corrected chi connectivity index (χ3v) is 3.57. The van der Waals surface area contributed by atoms with Crippen LogP contribution in [0.2, 0.25) is 10.2 Å². The van der Waals surface area contributed by atoms with E-state index in [0.717, 1.165) is 12.3 Å². The van der Waals surface area contributed by atoms with E-state index < -0.39 is 16.5 Å². The van der Waals surface area contributed by atoms with Crippen molar-refractivity contribution < 1.29 is 9.72 Å². The smallest absolute Gasteiger partial charge is 0.300 e. The summed E-state index contributed by atoms with van der Waals surface area (Å²) in [6.45, 7) is 0. The molecule has 0 fully saturated rings. The highest BCUT2D eigenvalue weighted by Crippen LogP contribution is 2.27. The zero-order valence-electron chi connectivity index (χ0n) is 10.1. The second-order valence-corrected chi connectivity index (χ2v) is 5.54. The Bertz CT molecular complexity index is 740. The van der Waals surface area contributed by atoms with E-state index in [4.69, 9.17) is 23.2 Å². The van der Waals surface area contributed by atoms with Crippen molar-refractivity contribution in [2.45, 2.75) is 0 Å². The molecule has 1 aromatic carbocycles. The topological polar surface area (TPSA) is 85.1 Å². The molecule has 108 valence electrons. The molecule has 1 aromatic heterocycles. The molecule has 0 spiro atoms. The van der Waals surface area contributed by atoms with Gasteiger partial charge in [0.2, 0.25) is 0 Å². The van der Waals surface area contributed by atoms with Crippen LogP contribution >= 0.6 is 39.1 Å². The first-order valence-electron chi connectivity index (χ1n) is 5.45. The monoisotopic (exact) mass is 389 g/mol. The van der Waals surface area contributed by atoms with E-state index in [1.165, 1.54) is 0 Å². The maximum Gasteiger partial charge on any atom is 0.300 e. The van der Waals surface area contributed by atoms with Crippen molar-refractivity contribution in [3.8, 4) is 0 Å². The molecule has 9 heteroatoms. The van der Waals surface area contributed by atoms with Crippen LogP contribution in [0.1, 0.15) is 10.4 Å². The van der Waals surface area contributed by atoms with Crippen LogP contribution in [0.3, 0.4) is 0 Å². The average Bonchev–Trinajstić information content (AvgIpc) is 2.41. The quantitative estimate of drug-likeness (QED) is 0.480. The van der Waals surface area contributed by atoms with Crippen molar-refractivity contribution in [1.29, 1.82) is 0 Å². The number of pyridine rings is 1. The van der Waals surface area contributed by atoms with Crippen LogP contribution < -0.4 is 5.32 Å². The molecule has 2 aromatic rings. The highest BCUT2D eigenvalue weighted by atomic mass is 79.9. The normalized spacial score (nSPS) is 10.2. The van der Waals surface area contributed by atoms with Crippen LogP contribution in [-0.2, 0) is 0 Å². The van der Waals surface area contributed by atoms with Gasteiger partial charge in [0.25, 0.3) is 11.6 Å². The Labute approximate surface area is 137 Å². The number of nitrogens with one attached hydrogen (secondary N) is 1. The molecule has 0 saturated heterocycles. The number of carbonyl (C=O) groups is 1. The SMILES string of the molecule is O=C(Nc1ccc(Cl)cc1Br)c1cc(Cl)ncc1[N+](=O)[O-]. The molecule has 0 unspecified atom stereocenters. The molecule has 0 aliphatic rings. The fourth-order valence-electron chi connectivity index (χ4n) is 1.53. The molecule has 21 heavy (non-hydrogen) atoms. The molecule has 1 N–H and O–H groups in total. The molecule has 6 nitrogen and oxygen atoms in total. The fourth-order valence-corrected chi connectivity index (χ4v) is 2.47. The Hall–Kier alpha value is -1.70. The maximum atomic E-state index is 12.2. The summed E-state index contributed by atoms with van der Waals surface area (Å²) in [5, 5.41) is 13.9. The van der Waals surface area contributed by atoms with Crippen molar-refractivity contribution in [2.75, 3.05) is 5.32 Å². The first-order valence-corrected chi connectivity index (χ1v) is 6.99. The number of carbonyl (C=O) groups excluding carboxylic acids is 1. The molecule has 1 heterocycles. The number of rotatable bonds is 3. The van der Waals surface area contributed by atoms with E-state index in [9.17, 15) is 14.9 Å². The minimum absolute atomic E-state index is 0.0130. The number of hydrogen-bond donors (Lipinski definition) is 1. The summed E-state index contributed by atoms with van der Waals surface area (Å²) >= 11 is 14.7. The minimum atomic E-state index is -0.699. The van der Waals surface area contributed by atoms with Gasteiger partial charge < -0.3 is 5.32 Å². The first-order chi connectivity index (χ1) is 9.88. The molecule has 0 radical (unpaired) electrons. The molecule has 0 aliphatic heterocycles. The van der Waals surface area contributed by atoms with E-state index in [2.05, 4.69) is 26.2 Å². The van der Waals surface area contributed by atoms with Crippen LogP contribution in [0.4, 0.5) is 11.4 Å². The predicted octanol–water partition coefficient (Wildman–Crippen LogP) is 4.31. The lowest BCUT2D eigenvalue weighted by Gasteiger charge is -2.08. The summed E-state index contributed by atoms with van der Waals surface area (Å²) in [6.07, 6.45) is 0.939. The lowest BCUT2D eigenvalue weighted by molar-refractivity contribution is -0.385. The van der Waals surface area contributed by atoms with E-state index in [-0.39, 0.29) is 10.7 Å². The van der Waals surface area contributed by atoms with Crippen LogP contribution in [0.25, 0.3) is 0 Å². The Morgan fingerprint density at radius 3 is 2.67 bits per heavy atom. The van der Waals surface area contributed by atoms with Crippen molar-refractivity contribution in [1.82, 2.24) is 4.98 Å². The highest BCUT2D eigenvalue weighted by Gasteiger charge is 2.22. The van der Waals surface area contributed by atoms with E-state index in [1.54, 1.807) is 18.2 Å². The summed E-state index contributed by atoms with van der Waals surface area (Å²) in [5.74, 6) is -0.672. The summed E-state index contributed by atoms with van der Waals surface area (Å²) in [5.41, 5.74) is -0.185. The second kappa shape index (κ2) is 6.38. The average molecular weight is 391 g/mol. The van der Waals surface area contributed by atoms with Crippen LogP contribution in [0.15, 0.2) is 34.9 Å². The molecule has 0 atom stereocenters. The van der Waals surface area contributed by atoms with Gasteiger partial charge in [0, 0.05) is 9.50 Å². The number of aromatic nitrogens is 1. The van der Waals surface area contributed by atoms with E-state index >= 15 is 0 Å².